The topological polar surface area (TPSA) is 93.7 Å². The molecule has 1 saturated carbocycles. The second-order valence-corrected chi connectivity index (χ2v) is 9.93. The molecule has 0 spiro atoms. The van der Waals surface area contributed by atoms with Gasteiger partial charge in [-0.3, -0.25) is 0 Å². The van der Waals surface area contributed by atoms with Crippen LogP contribution in [0.25, 0.3) is 11.4 Å². The quantitative estimate of drug-likeness (QED) is 0.416. The van der Waals surface area contributed by atoms with E-state index in [1.165, 1.54) is 12.8 Å². The molecular weight excluding hydrogens is 454 g/mol. The summed E-state index contributed by atoms with van der Waals surface area (Å²) in [7, 11) is 0. The van der Waals surface area contributed by atoms with Crippen LogP contribution in [0.3, 0.4) is 0 Å². The SMILES string of the molecule is CC(C)c1nnc2c(Nc3ccc(Br)cc3)nc(NC3CCCCC3N)n(C(C)C)c1-2. The van der Waals surface area contributed by atoms with E-state index < -0.39 is 0 Å². The van der Waals surface area contributed by atoms with E-state index in [2.05, 4.69) is 69.0 Å². The molecule has 31 heavy (non-hydrogen) atoms. The second kappa shape index (κ2) is 9.12. The molecule has 7 nitrogen and oxygen atoms in total. The number of halogens is 1. The Morgan fingerprint density at radius 3 is 2.42 bits per heavy atom. The first-order valence-electron chi connectivity index (χ1n) is 11.2. The third kappa shape index (κ3) is 4.55. The zero-order valence-electron chi connectivity index (χ0n) is 18.7. The van der Waals surface area contributed by atoms with E-state index in [1.807, 2.05) is 24.3 Å². The van der Waals surface area contributed by atoms with Gasteiger partial charge in [0.25, 0.3) is 0 Å². The average molecular weight is 486 g/mol. The number of nitrogens with zero attached hydrogens (tertiary/aromatic N) is 4. The fourth-order valence-electron chi connectivity index (χ4n) is 4.29. The van der Waals surface area contributed by atoms with E-state index in [0.29, 0.717) is 5.82 Å². The van der Waals surface area contributed by atoms with E-state index >= 15 is 0 Å². The molecule has 4 N–H and O–H groups in total. The Morgan fingerprint density at radius 2 is 1.77 bits per heavy atom. The third-order valence-corrected chi connectivity index (χ3v) is 6.47. The van der Waals surface area contributed by atoms with Gasteiger partial charge < -0.3 is 20.9 Å². The van der Waals surface area contributed by atoms with Gasteiger partial charge in [-0.05, 0) is 56.9 Å². The van der Waals surface area contributed by atoms with Crippen molar-refractivity contribution in [3.63, 3.8) is 0 Å². The van der Waals surface area contributed by atoms with Gasteiger partial charge in [0.2, 0.25) is 5.95 Å². The molecule has 0 amide bonds. The van der Waals surface area contributed by atoms with Gasteiger partial charge in [-0.25, -0.2) is 0 Å². The summed E-state index contributed by atoms with van der Waals surface area (Å²) in [6, 6.07) is 8.59. The molecular formula is C23H32BrN7. The highest BCUT2D eigenvalue weighted by atomic mass is 79.9. The number of nitrogens with two attached hydrogens (primary N) is 1. The van der Waals surface area contributed by atoms with Crippen LogP contribution in [0.5, 0.6) is 0 Å². The summed E-state index contributed by atoms with van der Waals surface area (Å²) in [6.07, 6.45) is 4.49. The molecule has 8 heteroatoms. The largest absolute Gasteiger partial charge is 0.351 e. The molecule has 166 valence electrons. The first-order chi connectivity index (χ1) is 14.8. The zero-order chi connectivity index (χ0) is 22.1. The first kappa shape index (κ1) is 22.0. The molecule has 2 unspecified atom stereocenters. The van der Waals surface area contributed by atoms with Crippen molar-refractivity contribution in [2.45, 2.75) is 77.4 Å². The van der Waals surface area contributed by atoms with Crippen molar-refractivity contribution in [2.24, 2.45) is 5.73 Å². The van der Waals surface area contributed by atoms with Crippen LogP contribution >= 0.6 is 15.9 Å². The van der Waals surface area contributed by atoms with Crippen molar-refractivity contribution in [2.75, 3.05) is 10.6 Å². The Bertz CT molecular complexity index is 996. The summed E-state index contributed by atoms with van der Waals surface area (Å²) in [5, 5.41) is 16.2. The lowest BCUT2D eigenvalue weighted by Crippen LogP contribution is -2.43. The third-order valence-electron chi connectivity index (χ3n) is 5.94. The molecule has 0 radical (unpaired) electrons. The van der Waals surface area contributed by atoms with Crippen LogP contribution in [0.1, 0.15) is 71.0 Å². The Kier molecular flexibility index (Phi) is 6.48. The minimum atomic E-state index is 0.134. The zero-order valence-corrected chi connectivity index (χ0v) is 20.3. The minimum Gasteiger partial charge on any atom is -0.351 e. The van der Waals surface area contributed by atoms with Gasteiger partial charge >= 0.3 is 0 Å². The first-order valence-corrected chi connectivity index (χ1v) is 12.0. The number of nitrogens with one attached hydrogen (secondary N) is 2. The molecule has 2 heterocycles. The number of hydrogen-bond acceptors (Lipinski definition) is 6. The molecule has 3 aliphatic rings. The number of hydrogen-bond donors (Lipinski definition) is 3. The average Bonchev–Trinajstić information content (AvgIpc) is 3.16. The molecule has 0 bridgehead atoms. The van der Waals surface area contributed by atoms with E-state index in [-0.39, 0.29) is 24.0 Å². The van der Waals surface area contributed by atoms with Gasteiger partial charge in [-0.1, -0.05) is 42.6 Å². The number of fused-ring (bicyclic) bond motifs is 1. The lowest BCUT2D eigenvalue weighted by Gasteiger charge is -2.32. The smallest absolute Gasteiger partial charge is 0.205 e. The monoisotopic (exact) mass is 485 g/mol. The maximum Gasteiger partial charge on any atom is 0.205 e. The number of benzene rings is 1. The van der Waals surface area contributed by atoms with Gasteiger partial charge in [-0.2, -0.15) is 10.1 Å². The van der Waals surface area contributed by atoms with Crippen LogP contribution in [0.2, 0.25) is 0 Å². The van der Waals surface area contributed by atoms with Crippen LogP contribution in [0.4, 0.5) is 17.5 Å². The maximum absolute atomic E-state index is 6.46. The Morgan fingerprint density at radius 1 is 1.06 bits per heavy atom. The van der Waals surface area contributed by atoms with Gasteiger partial charge in [0.05, 0.1) is 11.4 Å². The maximum atomic E-state index is 6.46. The van der Waals surface area contributed by atoms with E-state index in [9.17, 15) is 0 Å². The summed E-state index contributed by atoms with van der Waals surface area (Å²) in [6.45, 7) is 8.65. The van der Waals surface area contributed by atoms with Gasteiger partial charge in [0.1, 0.15) is 0 Å². The van der Waals surface area contributed by atoms with Crippen LogP contribution in [-0.2, 0) is 0 Å². The van der Waals surface area contributed by atoms with E-state index in [1.54, 1.807) is 0 Å². The van der Waals surface area contributed by atoms with Crippen molar-refractivity contribution in [1.29, 1.82) is 0 Å². The summed E-state index contributed by atoms with van der Waals surface area (Å²) < 4.78 is 3.27. The molecule has 4 rings (SSSR count). The Hall–Kier alpha value is -2.19. The van der Waals surface area contributed by atoms with Crippen molar-refractivity contribution in [1.82, 2.24) is 19.7 Å². The van der Waals surface area contributed by atoms with E-state index in [4.69, 9.17) is 10.7 Å². The summed E-state index contributed by atoms with van der Waals surface area (Å²) in [5.41, 5.74) is 10.2. The lowest BCUT2D eigenvalue weighted by molar-refractivity contribution is 0.400. The molecule has 2 atom stereocenters. The van der Waals surface area contributed by atoms with Gasteiger partial charge in [0, 0.05) is 28.3 Å². The highest BCUT2D eigenvalue weighted by Gasteiger charge is 2.30. The molecule has 1 aromatic carbocycles. The second-order valence-electron chi connectivity index (χ2n) is 9.02. The summed E-state index contributed by atoms with van der Waals surface area (Å²) in [4.78, 5) is 5.01. The molecule has 2 aliphatic heterocycles. The van der Waals surface area contributed by atoms with Crippen LogP contribution in [0, 0.1) is 0 Å². The number of anilines is 3. The van der Waals surface area contributed by atoms with Crippen LogP contribution in [-0.4, -0.2) is 31.8 Å². The predicted octanol–water partition coefficient (Wildman–Crippen LogP) is 5.67. The lowest BCUT2D eigenvalue weighted by atomic mass is 9.91. The van der Waals surface area contributed by atoms with Gasteiger partial charge in [0.15, 0.2) is 11.5 Å². The van der Waals surface area contributed by atoms with Crippen molar-refractivity contribution in [3.8, 4) is 11.4 Å². The van der Waals surface area contributed by atoms with Crippen molar-refractivity contribution >= 4 is 33.4 Å². The Labute approximate surface area is 192 Å². The fraction of sp³-hybridized carbons (Fsp3) is 0.522. The van der Waals surface area contributed by atoms with Gasteiger partial charge in [-0.15, -0.1) is 5.10 Å². The highest BCUT2D eigenvalue weighted by Crippen LogP contribution is 2.39. The van der Waals surface area contributed by atoms with Crippen molar-refractivity contribution in [3.05, 3.63) is 34.4 Å². The molecule has 1 aromatic rings. The number of rotatable bonds is 6. The van der Waals surface area contributed by atoms with E-state index in [0.717, 1.165) is 46.0 Å². The summed E-state index contributed by atoms with van der Waals surface area (Å²) in [5.74, 6) is 1.78. The predicted molar refractivity (Wildman–Crippen MR) is 130 cm³/mol. The van der Waals surface area contributed by atoms with Crippen LogP contribution < -0.4 is 16.4 Å². The molecule has 0 saturated heterocycles. The minimum absolute atomic E-state index is 0.134. The molecule has 0 aromatic heterocycles. The van der Waals surface area contributed by atoms with Crippen LogP contribution in [0.15, 0.2) is 28.7 Å². The Balaban J connectivity index is 1.84. The normalized spacial score (nSPS) is 19.4. The highest BCUT2D eigenvalue weighted by molar-refractivity contribution is 9.10. The standard InChI is InChI=1S/C23H32BrN7/c1-13(2)19-21-20(30-29-19)22(26-16-11-9-15(24)10-12-16)28-23(31(21)14(3)4)27-18-8-6-5-7-17(18)25/h9-14,17-18,26H,5-8,25H2,1-4H3,(H,27,28). The molecule has 1 aliphatic carbocycles. The summed E-state index contributed by atoms with van der Waals surface area (Å²) >= 11 is 3.50. The number of aromatic nitrogens is 4. The fourth-order valence-corrected chi connectivity index (χ4v) is 4.56. The molecule has 1 fully saturated rings. The van der Waals surface area contributed by atoms with Crippen molar-refractivity contribution < 1.29 is 0 Å².